The Morgan fingerprint density at radius 1 is 1.19 bits per heavy atom. The molecule has 0 amide bonds. The van der Waals surface area contributed by atoms with Crippen LogP contribution >= 0.6 is 23.2 Å². The first-order chi connectivity index (χ1) is 10.0. The lowest BCUT2D eigenvalue weighted by molar-refractivity contribution is -0.385. The highest BCUT2D eigenvalue weighted by atomic mass is 35.5. The van der Waals surface area contributed by atoms with Crippen molar-refractivity contribution in [3.8, 4) is 5.75 Å². The number of nitro groups is 1. The van der Waals surface area contributed by atoms with E-state index in [1.807, 2.05) is 0 Å². The monoisotopic (exact) mass is 329 g/mol. The number of benzene rings is 2. The number of alkyl halides is 1. The van der Waals surface area contributed by atoms with Gasteiger partial charge in [-0.2, -0.15) is 0 Å². The molecule has 7 heteroatoms. The predicted molar refractivity (Wildman–Crippen MR) is 78.4 cm³/mol. The zero-order valence-corrected chi connectivity index (χ0v) is 12.2. The van der Waals surface area contributed by atoms with Gasteiger partial charge in [-0.05, 0) is 30.3 Å². The van der Waals surface area contributed by atoms with Crippen LogP contribution in [0, 0.1) is 15.9 Å². The van der Waals surface area contributed by atoms with Gasteiger partial charge < -0.3 is 4.74 Å². The van der Waals surface area contributed by atoms with Crippen LogP contribution in [-0.4, -0.2) is 4.92 Å². The summed E-state index contributed by atoms with van der Waals surface area (Å²) < 4.78 is 18.6. The first-order valence-corrected chi connectivity index (χ1v) is 6.82. The average Bonchev–Trinajstić information content (AvgIpc) is 2.46. The molecule has 0 aliphatic carbocycles. The number of nitrogens with zero attached hydrogens (tertiary/aromatic N) is 1. The lowest BCUT2D eigenvalue weighted by Gasteiger charge is -2.10. The van der Waals surface area contributed by atoms with Gasteiger partial charge in [0.25, 0.3) is 5.69 Å². The molecule has 4 nitrogen and oxygen atoms in total. The van der Waals surface area contributed by atoms with Crippen molar-refractivity contribution in [1.82, 2.24) is 0 Å². The fraction of sp³-hybridized carbons (Fsp3) is 0.143. The minimum Gasteiger partial charge on any atom is -0.488 e. The molecule has 0 aromatic heterocycles. The summed E-state index contributed by atoms with van der Waals surface area (Å²) in [4.78, 5) is 10.4. The second-order valence-corrected chi connectivity index (χ2v) is 4.91. The Bertz CT molecular complexity index is 679. The second kappa shape index (κ2) is 6.74. The number of ether oxygens (including phenoxy) is 1. The summed E-state index contributed by atoms with van der Waals surface area (Å²) in [5.41, 5.74) is 0.722. The molecule has 2 aromatic carbocycles. The number of halogens is 3. The molecule has 0 unspecified atom stereocenters. The highest BCUT2D eigenvalue weighted by molar-refractivity contribution is 6.30. The first-order valence-electron chi connectivity index (χ1n) is 5.91. The molecule has 21 heavy (non-hydrogen) atoms. The van der Waals surface area contributed by atoms with Gasteiger partial charge in [0.2, 0.25) is 0 Å². The molecule has 0 heterocycles. The summed E-state index contributed by atoms with van der Waals surface area (Å²) in [6.45, 7) is -0.0387. The molecular formula is C14H10Cl2FNO3. The molecule has 0 fully saturated rings. The maximum absolute atomic E-state index is 13.1. The van der Waals surface area contributed by atoms with E-state index in [0.717, 1.165) is 0 Å². The summed E-state index contributed by atoms with van der Waals surface area (Å²) in [6, 6.07) is 8.26. The minimum absolute atomic E-state index is 0.0387. The number of nitro benzene ring substituents is 1. The van der Waals surface area contributed by atoms with Crippen molar-refractivity contribution >= 4 is 28.9 Å². The quantitative estimate of drug-likeness (QED) is 0.453. The molecule has 0 bridgehead atoms. The maximum atomic E-state index is 13.1. The van der Waals surface area contributed by atoms with E-state index in [0.29, 0.717) is 16.9 Å². The van der Waals surface area contributed by atoms with E-state index in [9.17, 15) is 14.5 Å². The Labute approximate surface area is 130 Å². The lowest BCUT2D eigenvalue weighted by Crippen LogP contribution is -2.02. The first kappa shape index (κ1) is 15.5. The average molecular weight is 330 g/mol. The Morgan fingerprint density at radius 3 is 2.62 bits per heavy atom. The minimum atomic E-state index is -0.530. The van der Waals surface area contributed by atoms with E-state index < -0.39 is 10.7 Å². The topological polar surface area (TPSA) is 52.4 Å². The third kappa shape index (κ3) is 3.83. The SMILES string of the molecule is O=[N+]([O-])c1cc(Cl)ccc1COc1ccc(F)cc1CCl. The van der Waals surface area contributed by atoms with Crippen LogP contribution in [0.15, 0.2) is 36.4 Å². The Hall–Kier alpha value is -1.85. The van der Waals surface area contributed by atoms with Crippen molar-refractivity contribution in [2.45, 2.75) is 12.5 Å². The van der Waals surface area contributed by atoms with E-state index in [2.05, 4.69) is 0 Å². The van der Waals surface area contributed by atoms with E-state index >= 15 is 0 Å². The van der Waals surface area contributed by atoms with E-state index in [4.69, 9.17) is 27.9 Å². The molecule has 0 atom stereocenters. The molecule has 110 valence electrons. The van der Waals surface area contributed by atoms with E-state index in [1.54, 1.807) is 6.07 Å². The van der Waals surface area contributed by atoms with Gasteiger partial charge >= 0.3 is 0 Å². The van der Waals surface area contributed by atoms with Crippen molar-refractivity contribution in [3.05, 3.63) is 68.5 Å². The van der Waals surface area contributed by atoms with E-state index in [1.165, 1.54) is 30.3 Å². The molecule has 2 aromatic rings. The second-order valence-electron chi connectivity index (χ2n) is 4.20. The van der Waals surface area contributed by atoms with Crippen molar-refractivity contribution in [2.24, 2.45) is 0 Å². The van der Waals surface area contributed by atoms with Gasteiger partial charge in [-0.3, -0.25) is 10.1 Å². The predicted octanol–water partition coefficient (Wildman–Crippen LogP) is 4.71. The molecule has 0 N–H and O–H groups in total. The molecule has 0 saturated heterocycles. The Morgan fingerprint density at radius 2 is 1.95 bits per heavy atom. The van der Waals surface area contributed by atoms with Crippen LogP contribution < -0.4 is 4.74 Å². The third-order valence-corrected chi connectivity index (χ3v) is 3.32. The molecule has 0 radical (unpaired) electrons. The zero-order chi connectivity index (χ0) is 15.4. The number of hydrogen-bond donors (Lipinski definition) is 0. The summed E-state index contributed by atoms with van der Waals surface area (Å²) >= 11 is 11.5. The molecule has 0 aliphatic rings. The van der Waals surface area contributed by atoms with Crippen LogP contribution in [0.5, 0.6) is 5.75 Å². The van der Waals surface area contributed by atoms with Crippen LogP contribution in [0.4, 0.5) is 10.1 Å². The smallest absolute Gasteiger partial charge is 0.277 e. The van der Waals surface area contributed by atoms with Gasteiger partial charge in [-0.25, -0.2) is 4.39 Å². The van der Waals surface area contributed by atoms with Crippen LogP contribution in [0.1, 0.15) is 11.1 Å². The third-order valence-electron chi connectivity index (χ3n) is 2.79. The van der Waals surface area contributed by atoms with Crippen molar-refractivity contribution in [3.63, 3.8) is 0 Å². The maximum Gasteiger partial charge on any atom is 0.277 e. The fourth-order valence-corrected chi connectivity index (χ4v) is 2.15. The van der Waals surface area contributed by atoms with Crippen LogP contribution in [0.3, 0.4) is 0 Å². The van der Waals surface area contributed by atoms with E-state index in [-0.39, 0.29) is 23.2 Å². The summed E-state index contributed by atoms with van der Waals surface area (Å²) in [7, 11) is 0. The summed E-state index contributed by atoms with van der Waals surface area (Å²) in [5.74, 6) is 0.0432. The normalized spacial score (nSPS) is 10.4. The van der Waals surface area contributed by atoms with Gasteiger partial charge in [-0.1, -0.05) is 11.6 Å². The van der Waals surface area contributed by atoms with Gasteiger partial charge in [0, 0.05) is 16.7 Å². The van der Waals surface area contributed by atoms with Crippen molar-refractivity contribution < 1.29 is 14.1 Å². The molecule has 0 aliphatic heterocycles. The Kier molecular flexibility index (Phi) is 4.98. The van der Waals surface area contributed by atoms with Gasteiger partial charge in [0.15, 0.2) is 0 Å². The van der Waals surface area contributed by atoms with Gasteiger partial charge in [0.1, 0.15) is 18.2 Å². The molecule has 2 rings (SSSR count). The molecular weight excluding hydrogens is 320 g/mol. The summed E-state index contributed by atoms with van der Waals surface area (Å²) in [6.07, 6.45) is 0. The van der Waals surface area contributed by atoms with Crippen LogP contribution in [0.2, 0.25) is 5.02 Å². The fourth-order valence-electron chi connectivity index (χ4n) is 1.78. The highest BCUT2D eigenvalue weighted by Crippen LogP contribution is 2.27. The zero-order valence-electron chi connectivity index (χ0n) is 10.7. The van der Waals surface area contributed by atoms with Crippen LogP contribution in [0.25, 0.3) is 0 Å². The van der Waals surface area contributed by atoms with Gasteiger partial charge in [-0.15, -0.1) is 11.6 Å². The largest absolute Gasteiger partial charge is 0.488 e. The van der Waals surface area contributed by atoms with Crippen molar-refractivity contribution in [1.29, 1.82) is 0 Å². The van der Waals surface area contributed by atoms with Crippen LogP contribution in [-0.2, 0) is 12.5 Å². The standard InChI is InChI=1S/C14H10Cl2FNO3/c15-7-10-5-12(17)3-4-14(10)21-8-9-1-2-11(16)6-13(9)18(19)20/h1-6H,7-8H2. The lowest BCUT2D eigenvalue weighted by atomic mass is 10.2. The van der Waals surface area contributed by atoms with Gasteiger partial charge in [0.05, 0.1) is 16.4 Å². The number of hydrogen-bond acceptors (Lipinski definition) is 3. The molecule has 0 spiro atoms. The number of rotatable bonds is 5. The highest BCUT2D eigenvalue weighted by Gasteiger charge is 2.15. The summed E-state index contributed by atoms with van der Waals surface area (Å²) in [5, 5.41) is 11.2. The van der Waals surface area contributed by atoms with Crippen molar-refractivity contribution in [2.75, 3.05) is 0 Å². The Balaban J connectivity index is 2.22. The molecule has 0 saturated carbocycles.